The number of benzene rings is 10. The van der Waals surface area contributed by atoms with Crippen molar-refractivity contribution < 1.29 is 4.42 Å². The van der Waals surface area contributed by atoms with Crippen molar-refractivity contribution >= 4 is 65.6 Å². The molecule has 0 fully saturated rings. The number of furan rings is 1. The predicted octanol–water partition coefficient (Wildman–Crippen LogP) is 16.4. The van der Waals surface area contributed by atoms with Gasteiger partial charge in [-0.1, -0.05) is 182 Å². The van der Waals surface area contributed by atoms with E-state index in [0.29, 0.717) is 0 Å². The fourth-order valence-electron chi connectivity index (χ4n) is 10.3. The molecule has 0 atom stereocenters. The Morgan fingerprint density at radius 1 is 0.270 bits per heavy atom. The van der Waals surface area contributed by atoms with Crippen LogP contribution in [-0.2, 0) is 0 Å². The van der Waals surface area contributed by atoms with Gasteiger partial charge in [-0.05, 0) is 87.5 Å². The first-order valence-corrected chi connectivity index (χ1v) is 21.6. The molecule has 0 N–H and O–H groups in total. The molecule has 0 radical (unpaired) electrons. The van der Waals surface area contributed by atoms with Gasteiger partial charge in [0, 0.05) is 37.9 Å². The Bertz CT molecular complexity index is 3900. The van der Waals surface area contributed by atoms with Crippen molar-refractivity contribution in [2.75, 3.05) is 0 Å². The molecule has 3 nitrogen and oxygen atoms in total. The summed E-state index contributed by atoms with van der Waals surface area (Å²) in [5, 5.41) is 7.09. The van der Waals surface area contributed by atoms with Gasteiger partial charge >= 0.3 is 0 Å². The molecule has 0 aliphatic carbocycles. The Balaban J connectivity index is 1.03. The molecule has 13 aromatic rings. The van der Waals surface area contributed by atoms with Crippen molar-refractivity contribution in [3.63, 3.8) is 0 Å². The van der Waals surface area contributed by atoms with Crippen LogP contribution in [-0.4, -0.2) is 9.13 Å². The molecule has 3 heterocycles. The van der Waals surface area contributed by atoms with Crippen LogP contribution in [0.4, 0.5) is 0 Å². The third kappa shape index (κ3) is 5.40. The van der Waals surface area contributed by atoms with E-state index in [1.54, 1.807) is 0 Å². The van der Waals surface area contributed by atoms with Crippen molar-refractivity contribution in [2.45, 2.75) is 0 Å². The molecule has 0 aliphatic heterocycles. The van der Waals surface area contributed by atoms with Crippen molar-refractivity contribution in [1.82, 2.24) is 9.13 Å². The van der Waals surface area contributed by atoms with Crippen molar-refractivity contribution in [3.05, 3.63) is 231 Å². The molecule has 13 rings (SSSR count). The Kier molecular flexibility index (Phi) is 7.91. The highest BCUT2D eigenvalue weighted by Crippen LogP contribution is 2.46. The standard InChI is InChI=1S/C60H38N2O/c1-3-18-39(19-4-1)42-22-7-8-24-45(42)47-35-37-56(60-59(47)49-27-12-16-33-57(49)63-60)62-52-30-14-10-25-46(52)50-38-41(34-36-54(50)62)44-28-17-32-55-58(44)48-26-11-15-31-53(48)61(55)51-29-13-9-23-43(51)40-20-5-2-6-21-40/h1-38H. The highest BCUT2D eigenvalue weighted by atomic mass is 16.3. The minimum Gasteiger partial charge on any atom is -0.454 e. The minimum absolute atomic E-state index is 0.872. The van der Waals surface area contributed by atoms with Crippen LogP contribution in [0.2, 0.25) is 0 Å². The molecule has 0 aliphatic rings. The maximum Gasteiger partial charge on any atom is 0.160 e. The van der Waals surface area contributed by atoms with E-state index >= 15 is 0 Å². The highest BCUT2D eigenvalue weighted by Gasteiger charge is 2.23. The van der Waals surface area contributed by atoms with E-state index in [-0.39, 0.29) is 0 Å². The molecule has 0 spiro atoms. The van der Waals surface area contributed by atoms with Crippen LogP contribution in [0.1, 0.15) is 0 Å². The molecule has 0 saturated carbocycles. The number of para-hydroxylation sites is 4. The van der Waals surface area contributed by atoms with E-state index < -0.39 is 0 Å². The number of nitrogens with zero attached hydrogens (tertiary/aromatic N) is 2. The summed E-state index contributed by atoms with van der Waals surface area (Å²) in [5.41, 5.74) is 18.1. The van der Waals surface area contributed by atoms with E-state index in [2.05, 4.69) is 240 Å². The third-order valence-corrected chi connectivity index (χ3v) is 13.0. The lowest BCUT2D eigenvalue weighted by molar-refractivity contribution is 0.666. The van der Waals surface area contributed by atoms with E-state index in [4.69, 9.17) is 4.42 Å². The topological polar surface area (TPSA) is 23.0 Å². The number of fused-ring (bicyclic) bond motifs is 9. The van der Waals surface area contributed by atoms with Crippen LogP contribution < -0.4 is 0 Å². The lowest BCUT2D eigenvalue weighted by Crippen LogP contribution is -1.97. The van der Waals surface area contributed by atoms with Gasteiger partial charge in [0.1, 0.15) is 5.58 Å². The predicted molar refractivity (Wildman–Crippen MR) is 264 cm³/mol. The normalized spacial score (nSPS) is 11.8. The van der Waals surface area contributed by atoms with Gasteiger partial charge < -0.3 is 13.6 Å². The van der Waals surface area contributed by atoms with Crippen LogP contribution >= 0.6 is 0 Å². The Hall–Kier alpha value is -8.40. The summed E-state index contributed by atoms with van der Waals surface area (Å²) in [4.78, 5) is 0. The van der Waals surface area contributed by atoms with Crippen molar-refractivity contribution in [2.24, 2.45) is 0 Å². The summed E-state index contributed by atoms with van der Waals surface area (Å²) in [7, 11) is 0. The molecule has 294 valence electrons. The fourth-order valence-corrected chi connectivity index (χ4v) is 10.3. The molecule has 0 saturated heterocycles. The molecule has 3 aromatic heterocycles. The van der Waals surface area contributed by atoms with E-state index in [0.717, 1.165) is 49.9 Å². The third-order valence-electron chi connectivity index (χ3n) is 13.0. The smallest absolute Gasteiger partial charge is 0.160 e. The van der Waals surface area contributed by atoms with Crippen LogP contribution in [0.3, 0.4) is 0 Å². The number of hydrogen-bond donors (Lipinski definition) is 0. The molecule has 10 aromatic carbocycles. The van der Waals surface area contributed by atoms with Crippen molar-refractivity contribution in [3.8, 4) is 55.9 Å². The minimum atomic E-state index is 0.872. The Morgan fingerprint density at radius 2 is 0.825 bits per heavy atom. The fraction of sp³-hybridized carbons (Fsp3) is 0. The quantitative estimate of drug-likeness (QED) is 0.164. The van der Waals surface area contributed by atoms with Gasteiger partial charge in [-0.15, -0.1) is 0 Å². The molecular weight excluding hydrogens is 765 g/mol. The molecule has 0 amide bonds. The van der Waals surface area contributed by atoms with Gasteiger partial charge in [0.2, 0.25) is 0 Å². The van der Waals surface area contributed by atoms with Gasteiger partial charge in [-0.2, -0.15) is 0 Å². The monoisotopic (exact) mass is 802 g/mol. The zero-order chi connectivity index (χ0) is 41.4. The molecule has 3 heteroatoms. The largest absolute Gasteiger partial charge is 0.454 e. The van der Waals surface area contributed by atoms with Gasteiger partial charge in [0.25, 0.3) is 0 Å². The van der Waals surface area contributed by atoms with E-state index in [1.807, 2.05) is 0 Å². The van der Waals surface area contributed by atoms with Crippen LogP contribution in [0.25, 0.3) is 121 Å². The van der Waals surface area contributed by atoms with E-state index in [1.165, 1.54) is 71.5 Å². The first kappa shape index (κ1) is 35.4. The van der Waals surface area contributed by atoms with Gasteiger partial charge in [0.15, 0.2) is 5.58 Å². The first-order chi connectivity index (χ1) is 31.3. The summed E-state index contributed by atoms with van der Waals surface area (Å²) in [6.07, 6.45) is 0. The van der Waals surface area contributed by atoms with Crippen LogP contribution in [0.5, 0.6) is 0 Å². The average Bonchev–Trinajstić information content (AvgIpc) is 4.02. The molecule has 0 unspecified atom stereocenters. The molecule has 0 bridgehead atoms. The maximum atomic E-state index is 6.95. The Morgan fingerprint density at radius 3 is 1.62 bits per heavy atom. The summed E-state index contributed by atoms with van der Waals surface area (Å²) < 4.78 is 11.8. The second-order valence-electron chi connectivity index (χ2n) is 16.4. The lowest BCUT2D eigenvalue weighted by atomic mass is 9.91. The second-order valence-corrected chi connectivity index (χ2v) is 16.4. The van der Waals surface area contributed by atoms with Crippen LogP contribution in [0.15, 0.2) is 235 Å². The molecular formula is C60H38N2O. The van der Waals surface area contributed by atoms with Crippen molar-refractivity contribution in [1.29, 1.82) is 0 Å². The first-order valence-electron chi connectivity index (χ1n) is 21.6. The number of rotatable bonds is 6. The highest BCUT2D eigenvalue weighted by molar-refractivity contribution is 6.20. The van der Waals surface area contributed by atoms with Crippen LogP contribution in [0, 0.1) is 0 Å². The van der Waals surface area contributed by atoms with Gasteiger partial charge in [-0.3, -0.25) is 0 Å². The summed E-state index contributed by atoms with van der Waals surface area (Å²) in [6, 6.07) is 83.2. The maximum absolute atomic E-state index is 6.95. The SMILES string of the molecule is c1ccc(-c2ccccc2-c2ccc(-n3c4ccccc4c4cc(-c5cccc6c5c5ccccc5n6-c5ccccc5-c5ccccc5)ccc43)c3oc4ccccc4c23)cc1. The zero-order valence-electron chi connectivity index (χ0n) is 34.2. The van der Waals surface area contributed by atoms with E-state index in [9.17, 15) is 0 Å². The van der Waals surface area contributed by atoms with Gasteiger partial charge in [-0.25, -0.2) is 0 Å². The summed E-state index contributed by atoms with van der Waals surface area (Å²) in [5.74, 6) is 0. The lowest BCUT2D eigenvalue weighted by Gasteiger charge is -2.15. The summed E-state index contributed by atoms with van der Waals surface area (Å²) in [6.45, 7) is 0. The zero-order valence-corrected chi connectivity index (χ0v) is 34.2. The average molecular weight is 803 g/mol. The number of aromatic nitrogens is 2. The van der Waals surface area contributed by atoms with Gasteiger partial charge in [0.05, 0.1) is 33.4 Å². The molecule has 63 heavy (non-hydrogen) atoms. The summed E-state index contributed by atoms with van der Waals surface area (Å²) >= 11 is 0. The number of hydrogen-bond acceptors (Lipinski definition) is 1. The second kappa shape index (κ2) is 14.1. The Labute approximate surface area is 363 Å².